The molecule has 19 heavy (non-hydrogen) atoms. The summed E-state index contributed by atoms with van der Waals surface area (Å²) >= 11 is 1.24. The number of hydrogen-bond acceptors (Lipinski definition) is 5. The summed E-state index contributed by atoms with van der Waals surface area (Å²) in [4.78, 5) is 21.7. The summed E-state index contributed by atoms with van der Waals surface area (Å²) in [5.74, 6) is 7.70. The SMILES string of the molecule is CC(=O)SCCC#Cc1cc2c(cc1C=O)OCO2. The molecule has 0 spiro atoms. The van der Waals surface area contributed by atoms with Crippen LogP contribution in [0.4, 0.5) is 0 Å². The van der Waals surface area contributed by atoms with Crippen molar-refractivity contribution in [1.82, 2.24) is 0 Å². The van der Waals surface area contributed by atoms with E-state index in [-0.39, 0.29) is 11.9 Å². The van der Waals surface area contributed by atoms with Crippen LogP contribution >= 0.6 is 11.8 Å². The fourth-order valence-corrected chi connectivity index (χ4v) is 2.06. The van der Waals surface area contributed by atoms with Gasteiger partial charge in [0.25, 0.3) is 0 Å². The van der Waals surface area contributed by atoms with Crippen LogP contribution in [0.1, 0.15) is 29.3 Å². The van der Waals surface area contributed by atoms with Crippen LogP contribution in [0.25, 0.3) is 0 Å². The van der Waals surface area contributed by atoms with E-state index >= 15 is 0 Å². The molecule has 0 amide bonds. The fourth-order valence-electron chi connectivity index (χ4n) is 1.57. The van der Waals surface area contributed by atoms with Gasteiger partial charge in [-0.3, -0.25) is 9.59 Å². The van der Waals surface area contributed by atoms with Crippen molar-refractivity contribution in [2.45, 2.75) is 13.3 Å². The van der Waals surface area contributed by atoms with Crippen molar-refractivity contribution < 1.29 is 19.1 Å². The molecule has 0 saturated carbocycles. The van der Waals surface area contributed by atoms with Gasteiger partial charge in [0.1, 0.15) is 0 Å². The van der Waals surface area contributed by atoms with E-state index in [4.69, 9.17) is 9.47 Å². The van der Waals surface area contributed by atoms with Gasteiger partial charge in [-0.2, -0.15) is 0 Å². The van der Waals surface area contributed by atoms with Crippen LogP contribution in [-0.2, 0) is 4.79 Å². The van der Waals surface area contributed by atoms with Crippen molar-refractivity contribution in [3.05, 3.63) is 23.3 Å². The molecule has 0 bridgehead atoms. The molecule has 0 aromatic heterocycles. The van der Waals surface area contributed by atoms with Gasteiger partial charge in [-0.15, -0.1) is 0 Å². The van der Waals surface area contributed by atoms with Crippen molar-refractivity contribution in [2.24, 2.45) is 0 Å². The highest BCUT2D eigenvalue weighted by atomic mass is 32.2. The summed E-state index contributed by atoms with van der Waals surface area (Å²) in [5.41, 5.74) is 1.10. The fraction of sp³-hybridized carbons (Fsp3) is 0.286. The largest absolute Gasteiger partial charge is 0.454 e. The number of ether oxygens (including phenoxy) is 2. The lowest BCUT2D eigenvalue weighted by molar-refractivity contribution is -0.109. The maximum atomic E-state index is 11.0. The van der Waals surface area contributed by atoms with Gasteiger partial charge in [0.2, 0.25) is 6.79 Å². The van der Waals surface area contributed by atoms with Crippen LogP contribution in [0.3, 0.4) is 0 Å². The van der Waals surface area contributed by atoms with E-state index in [0.29, 0.717) is 34.8 Å². The Hall–Kier alpha value is -1.93. The number of thioether (sulfide) groups is 1. The van der Waals surface area contributed by atoms with Gasteiger partial charge in [-0.25, -0.2) is 0 Å². The predicted molar refractivity (Wildman–Crippen MR) is 72.6 cm³/mol. The molecule has 1 aromatic carbocycles. The van der Waals surface area contributed by atoms with Crippen LogP contribution in [0.2, 0.25) is 0 Å². The first-order valence-corrected chi connectivity index (χ1v) is 6.70. The van der Waals surface area contributed by atoms with Crippen LogP contribution in [-0.4, -0.2) is 23.9 Å². The Morgan fingerprint density at radius 1 is 1.42 bits per heavy atom. The number of fused-ring (bicyclic) bond motifs is 1. The topological polar surface area (TPSA) is 52.6 Å². The molecule has 0 atom stereocenters. The minimum atomic E-state index is 0.0819. The van der Waals surface area contributed by atoms with Crippen molar-refractivity contribution in [2.75, 3.05) is 12.5 Å². The van der Waals surface area contributed by atoms with Gasteiger partial charge in [-0.05, 0) is 6.07 Å². The number of aldehydes is 1. The summed E-state index contributed by atoms with van der Waals surface area (Å²) < 4.78 is 10.4. The molecular formula is C14H12O4S. The van der Waals surface area contributed by atoms with Crippen LogP contribution in [0, 0.1) is 11.8 Å². The van der Waals surface area contributed by atoms with Gasteiger partial charge in [0.15, 0.2) is 22.9 Å². The zero-order valence-corrected chi connectivity index (χ0v) is 11.2. The van der Waals surface area contributed by atoms with E-state index in [1.807, 2.05) is 0 Å². The van der Waals surface area contributed by atoms with E-state index in [1.165, 1.54) is 18.7 Å². The number of benzene rings is 1. The van der Waals surface area contributed by atoms with Crippen molar-refractivity contribution in [1.29, 1.82) is 0 Å². The molecule has 0 fully saturated rings. The molecule has 5 heteroatoms. The van der Waals surface area contributed by atoms with Crippen LogP contribution < -0.4 is 9.47 Å². The summed E-state index contributed by atoms with van der Waals surface area (Å²) in [6.45, 7) is 1.69. The molecular weight excluding hydrogens is 264 g/mol. The molecule has 1 aromatic rings. The van der Waals surface area contributed by atoms with Gasteiger partial charge in [0.05, 0.1) is 0 Å². The molecule has 1 aliphatic rings. The second kappa shape index (κ2) is 6.30. The number of rotatable bonds is 3. The molecule has 98 valence electrons. The third kappa shape index (κ3) is 3.52. The zero-order valence-electron chi connectivity index (χ0n) is 10.4. The molecule has 1 aliphatic heterocycles. The maximum absolute atomic E-state index is 11.0. The minimum absolute atomic E-state index is 0.0819. The average Bonchev–Trinajstić information content (AvgIpc) is 2.83. The third-order valence-corrected chi connectivity index (χ3v) is 3.24. The Kier molecular flexibility index (Phi) is 4.48. The minimum Gasteiger partial charge on any atom is -0.454 e. The first-order valence-electron chi connectivity index (χ1n) is 5.72. The average molecular weight is 276 g/mol. The second-order valence-electron chi connectivity index (χ2n) is 3.80. The van der Waals surface area contributed by atoms with Crippen LogP contribution in [0.5, 0.6) is 11.5 Å². The Labute approximate surface area is 115 Å². The zero-order chi connectivity index (χ0) is 13.7. The number of hydrogen-bond donors (Lipinski definition) is 0. The normalized spacial score (nSPS) is 11.6. The Morgan fingerprint density at radius 3 is 2.84 bits per heavy atom. The van der Waals surface area contributed by atoms with E-state index in [9.17, 15) is 9.59 Å². The molecule has 0 N–H and O–H groups in total. The van der Waals surface area contributed by atoms with E-state index in [2.05, 4.69) is 11.8 Å². The standard InChI is InChI=1S/C14H12O4S/c1-10(16)19-5-3-2-4-11-6-13-14(18-9-17-13)7-12(11)8-15/h6-8H,3,5,9H2,1H3. The van der Waals surface area contributed by atoms with Gasteiger partial charge >= 0.3 is 0 Å². The molecule has 0 aliphatic carbocycles. The van der Waals surface area contributed by atoms with E-state index in [0.717, 1.165) is 6.29 Å². The van der Waals surface area contributed by atoms with Crippen molar-refractivity contribution in [3.63, 3.8) is 0 Å². The maximum Gasteiger partial charge on any atom is 0.231 e. The van der Waals surface area contributed by atoms with Gasteiger partial charge in [-0.1, -0.05) is 23.6 Å². The van der Waals surface area contributed by atoms with Gasteiger partial charge in [0, 0.05) is 36.3 Å². The monoisotopic (exact) mass is 276 g/mol. The quantitative estimate of drug-likeness (QED) is 0.481. The lowest BCUT2D eigenvalue weighted by Gasteiger charge is -2.00. The summed E-state index contributed by atoms with van der Waals surface area (Å²) in [5, 5.41) is 0.0819. The van der Waals surface area contributed by atoms with Crippen molar-refractivity contribution in [3.8, 4) is 23.3 Å². The molecule has 0 saturated heterocycles. The Morgan fingerprint density at radius 2 is 2.16 bits per heavy atom. The first kappa shape index (κ1) is 13.5. The highest BCUT2D eigenvalue weighted by molar-refractivity contribution is 8.13. The Bertz CT molecular complexity index is 569. The third-order valence-electron chi connectivity index (χ3n) is 2.43. The molecule has 2 rings (SSSR count). The molecule has 0 unspecified atom stereocenters. The Balaban J connectivity index is 2.09. The van der Waals surface area contributed by atoms with E-state index in [1.54, 1.807) is 12.1 Å². The number of carbonyl (C=O) groups excluding carboxylic acids is 2. The first-order chi connectivity index (χ1) is 9.20. The van der Waals surface area contributed by atoms with Crippen molar-refractivity contribution >= 4 is 23.2 Å². The molecule has 1 heterocycles. The lowest BCUT2D eigenvalue weighted by Crippen LogP contribution is -1.92. The molecule has 4 nitrogen and oxygen atoms in total. The lowest BCUT2D eigenvalue weighted by atomic mass is 10.1. The predicted octanol–water partition coefficient (Wildman–Crippen LogP) is 2.25. The summed E-state index contributed by atoms with van der Waals surface area (Å²) in [6, 6.07) is 3.33. The number of carbonyl (C=O) groups is 2. The summed E-state index contributed by atoms with van der Waals surface area (Å²) in [7, 11) is 0. The van der Waals surface area contributed by atoms with Crippen LogP contribution in [0.15, 0.2) is 12.1 Å². The highest BCUT2D eigenvalue weighted by Gasteiger charge is 2.16. The molecule has 0 radical (unpaired) electrons. The highest BCUT2D eigenvalue weighted by Crippen LogP contribution is 2.34. The smallest absolute Gasteiger partial charge is 0.231 e. The van der Waals surface area contributed by atoms with E-state index < -0.39 is 0 Å². The summed E-state index contributed by atoms with van der Waals surface area (Å²) in [6.07, 6.45) is 1.34. The van der Waals surface area contributed by atoms with Gasteiger partial charge < -0.3 is 9.47 Å². The second-order valence-corrected chi connectivity index (χ2v) is 5.07.